The number of ether oxygens (including phenoxy) is 1. The van der Waals surface area contributed by atoms with Crippen molar-refractivity contribution in [1.82, 2.24) is 4.98 Å². The van der Waals surface area contributed by atoms with Crippen LogP contribution in [-0.4, -0.2) is 23.5 Å². The molecule has 6 nitrogen and oxygen atoms in total. The minimum atomic E-state index is -0.570. The second kappa shape index (κ2) is 7.90. The van der Waals surface area contributed by atoms with E-state index in [1.807, 2.05) is 36.4 Å². The van der Waals surface area contributed by atoms with Crippen LogP contribution in [0.15, 0.2) is 47.8 Å². The van der Waals surface area contributed by atoms with Gasteiger partial charge in [0.1, 0.15) is 21.0 Å². The van der Waals surface area contributed by atoms with Gasteiger partial charge in [-0.15, -0.1) is 34.0 Å². The summed E-state index contributed by atoms with van der Waals surface area (Å²) in [5.41, 5.74) is 1.30. The van der Waals surface area contributed by atoms with Crippen LogP contribution in [0, 0.1) is 11.3 Å². The minimum absolute atomic E-state index is 0.378. The molecule has 0 bridgehead atoms. The normalized spacial score (nSPS) is 10.5. The molecule has 0 aliphatic heterocycles. The van der Waals surface area contributed by atoms with Gasteiger partial charge in [-0.1, -0.05) is 12.1 Å². The fraction of sp³-hybridized carbons (Fsp3) is 0.0526. The van der Waals surface area contributed by atoms with Gasteiger partial charge < -0.3 is 10.1 Å². The third-order valence-electron chi connectivity index (χ3n) is 3.68. The summed E-state index contributed by atoms with van der Waals surface area (Å²) in [4.78, 5) is 30.0. The lowest BCUT2D eigenvalue weighted by molar-refractivity contribution is -0.119. The molecule has 3 heterocycles. The van der Waals surface area contributed by atoms with E-state index in [1.165, 1.54) is 22.7 Å². The maximum atomic E-state index is 12.2. The van der Waals surface area contributed by atoms with Crippen LogP contribution in [0.1, 0.15) is 15.2 Å². The molecule has 0 aliphatic rings. The number of carbonyl (C=O) groups excluding carboxylic acids is 2. The molecule has 28 heavy (non-hydrogen) atoms. The highest BCUT2D eigenvalue weighted by atomic mass is 32.1. The number of nitriles is 1. The Kier molecular flexibility index (Phi) is 5.16. The van der Waals surface area contributed by atoms with Gasteiger partial charge in [0.05, 0.1) is 20.7 Å². The SMILES string of the molecule is N#Cc1ccsc1NC(=O)COC(=O)c1ccc(-c2nc3ccccc3s2)s1. The van der Waals surface area contributed by atoms with Crippen molar-refractivity contribution in [3.05, 3.63) is 58.3 Å². The average molecular weight is 426 g/mol. The molecule has 0 saturated heterocycles. The fourth-order valence-electron chi connectivity index (χ4n) is 2.40. The first-order valence-corrected chi connectivity index (χ1v) is 10.6. The van der Waals surface area contributed by atoms with Crippen molar-refractivity contribution < 1.29 is 14.3 Å². The molecule has 0 spiro atoms. The van der Waals surface area contributed by atoms with Gasteiger partial charge >= 0.3 is 5.97 Å². The van der Waals surface area contributed by atoms with E-state index in [0.717, 1.165) is 20.1 Å². The van der Waals surface area contributed by atoms with Gasteiger partial charge in [-0.05, 0) is 35.7 Å². The van der Waals surface area contributed by atoms with Crippen molar-refractivity contribution in [3.8, 4) is 16.0 Å². The van der Waals surface area contributed by atoms with E-state index >= 15 is 0 Å². The van der Waals surface area contributed by atoms with E-state index in [9.17, 15) is 9.59 Å². The van der Waals surface area contributed by atoms with Gasteiger partial charge in [-0.25, -0.2) is 9.78 Å². The second-order valence-corrected chi connectivity index (χ2v) is 8.58. The summed E-state index contributed by atoms with van der Waals surface area (Å²) in [5.74, 6) is -1.06. The van der Waals surface area contributed by atoms with Crippen LogP contribution in [0.5, 0.6) is 0 Å². The Labute approximate surface area is 171 Å². The molecule has 0 fully saturated rings. The molecule has 4 aromatic rings. The third-order valence-corrected chi connectivity index (χ3v) is 6.79. The lowest BCUT2D eigenvalue weighted by Crippen LogP contribution is -2.20. The molecule has 0 atom stereocenters. The molecule has 9 heteroatoms. The summed E-state index contributed by atoms with van der Waals surface area (Å²) in [6.45, 7) is -0.421. The van der Waals surface area contributed by atoms with Gasteiger partial charge in [0.25, 0.3) is 5.91 Å². The Morgan fingerprint density at radius 2 is 2.00 bits per heavy atom. The number of fused-ring (bicyclic) bond motifs is 1. The average Bonchev–Trinajstić information content (AvgIpc) is 3.43. The Bertz CT molecular complexity index is 1180. The van der Waals surface area contributed by atoms with Gasteiger partial charge in [0.15, 0.2) is 6.61 Å². The Hall–Kier alpha value is -3.06. The summed E-state index contributed by atoms with van der Waals surface area (Å²) in [6, 6.07) is 14.9. The topological polar surface area (TPSA) is 92.1 Å². The third kappa shape index (κ3) is 3.80. The number of para-hydroxylation sites is 1. The summed E-state index contributed by atoms with van der Waals surface area (Å²) in [6.07, 6.45) is 0. The minimum Gasteiger partial charge on any atom is -0.451 e. The van der Waals surface area contributed by atoms with Gasteiger partial charge in [-0.3, -0.25) is 4.79 Å². The molecule has 1 aromatic carbocycles. The quantitative estimate of drug-likeness (QED) is 0.466. The first kappa shape index (κ1) is 18.3. The summed E-state index contributed by atoms with van der Waals surface area (Å²) in [7, 11) is 0. The number of benzene rings is 1. The molecular formula is C19H11N3O3S3. The Morgan fingerprint density at radius 1 is 1.14 bits per heavy atom. The van der Waals surface area contributed by atoms with E-state index in [4.69, 9.17) is 10.00 Å². The maximum absolute atomic E-state index is 12.2. The van der Waals surface area contributed by atoms with Crippen LogP contribution in [0.3, 0.4) is 0 Å². The molecule has 0 radical (unpaired) electrons. The van der Waals surface area contributed by atoms with Gasteiger partial charge in [0.2, 0.25) is 0 Å². The molecule has 1 amide bonds. The number of hydrogen-bond donors (Lipinski definition) is 1. The van der Waals surface area contributed by atoms with E-state index < -0.39 is 18.5 Å². The van der Waals surface area contributed by atoms with Gasteiger partial charge in [0, 0.05) is 0 Å². The van der Waals surface area contributed by atoms with Crippen molar-refractivity contribution in [2.75, 3.05) is 11.9 Å². The number of anilines is 1. The molecule has 4 rings (SSSR count). The molecule has 138 valence electrons. The molecule has 3 aromatic heterocycles. The fourth-order valence-corrected chi connectivity index (χ4v) is 5.07. The first-order chi connectivity index (χ1) is 13.6. The Balaban J connectivity index is 1.39. The number of aromatic nitrogens is 1. The number of rotatable bonds is 5. The first-order valence-electron chi connectivity index (χ1n) is 8.04. The lowest BCUT2D eigenvalue weighted by Gasteiger charge is -2.04. The van der Waals surface area contributed by atoms with Crippen LogP contribution >= 0.6 is 34.0 Å². The number of thiophene rings is 2. The van der Waals surface area contributed by atoms with Crippen LogP contribution < -0.4 is 5.32 Å². The number of amides is 1. The van der Waals surface area contributed by atoms with E-state index in [0.29, 0.717) is 15.4 Å². The summed E-state index contributed by atoms with van der Waals surface area (Å²) in [5, 5.41) is 14.5. The summed E-state index contributed by atoms with van der Waals surface area (Å²) >= 11 is 4.07. The van der Waals surface area contributed by atoms with E-state index in [-0.39, 0.29) is 0 Å². The van der Waals surface area contributed by atoms with Gasteiger partial charge in [-0.2, -0.15) is 5.26 Å². The molecule has 1 N–H and O–H groups in total. The van der Waals surface area contributed by atoms with Crippen molar-refractivity contribution in [2.24, 2.45) is 0 Å². The molecular weight excluding hydrogens is 414 g/mol. The largest absolute Gasteiger partial charge is 0.451 e. The highest BCUT2D eigenvalue weighted by Crippen LogP contribution is 2.34. The summed E-state index contributed by atoms with van der Waals surface area (Å²) < 4.78 is 6.17. The van der Waals surface area contributed by atoms with E-state index in [2.05, 4.69) is 10.3 Å². The molecule has 0 unspecified atom stereocenters. The number of esters is 1. The predicted octanol–water partition coefficient (Wildman–Crippen LogP) is 4.75. The number of carbonyl (C=O) groups is 2. The Morgan fingerprint density at radius 3 is 2.82 bits per heavy atom. The van der Waals surface area contributed by atoms with Crippen molar-refractivity contribution in [1.29, 1.82) is 5.26 Å². The van der Waals surface area contributed by atoms with Crippen molar-refractivity contribution in [2.45, 2.75) is 0 Å². The molecule has 0 aliphatic carbocycles. The number of nitrogens with zero attached hydrogens (tertiary/aromatic N) is 2. The number of thiazole rings is 1. The van der Waals surface area contributed by atoms with Crippen molar-refractivity contribution in [3.63, 3.8) is 0 Å². The zero-order valence-corrected chi connectivity index (χ0v) is 16.6. The lowest BCUT2D eigenvalue weighted by atomic mass is 10.3. The van der Waals surface area contributed by atoms with Crippen LogP contribution in [0.2, 0.25) is 0 Å². The standard InChI is InChI=1S/C19H11N3O3S3/c20-9-11-7-8-26-17(11)22-16(23)10-25-19(24)15-6-5-14(27-15)18-21-12-3-1-2-4-13(12)28-18/h1-8H,10H2,(H,22,23). The second-order valence-electron chi connectivity index (χ2n) is 5.55. The highest BCUT2D eigenvalue weighted by molar-refractivity contribution is 7.26. The maximum Gasteiger partial charge on any atom is 0.348 e. The zero-order valence-electron chi connectivity index (χ0n) is 14.2. The highest BCUT2D eigenvalue weighted by Gasteiger charge is 2.16. The van der Waals surface area contributed by atoms with E-state index in [1.54, 1.807) is 28.8 Å². The molecule has 0 saturated carbocycles. The monoisotopic (exact) mass is 425 g/mol. The van der Waals surface area contributed by atoms with Crippen LogP contribution in [0.4, 0.5) is 5.00 Å². The number of nitrogens with one attached hydrogen (secondary N) is 1. The van der Waals surface area contributed by atoms with Crippen LogP contribution in [0.25, 0.3) is 20.1 Å². The predicted molar refractivity (Wildman–Crippen MR) is 111 cm³/mol. The smallest absolute Gasteiger partial charge is 0.348 e. The van der Waals surface area contributed by atoms with Crippen molar-refractivity contribution >= 4 is 61.1 Å². The zero-order chi connectivity index (χ0) is 19.5. The van der Waals surface area contributed by atoms with Crippen LogP contribution in [-0.2, 0) is 9.53 Å². The number of hydrogen-bond acceptors (Lipinski definition) is 8.